The molecule has 0 unspecified atom stereocenters. The number of halogens is 4. The number of ether oxygens (including phenoxy) is 3. The highest BCUT2D eigenvalue weighted by Crippen LogP contribution is 2.38. The number of rotatable bonds is 4. The number of carbonyl (C=O) groups is 1. The minimum atomic E-state index is -4.83. The summed E-state index contributed by atoms with van der Waals surface area (Å²) in [5.74, 6) is -0.0892. The van der Waals surface area contributed by atoms with E-state index in [0.29, 0.717) is 24.7 Å². The lowest BCUT2D eigenvalue weighted by Crippen LogP contribution is -2.17. The van der Waals surface area contributed by atoms with Crippen LogP contribution < -0.4 is 19.5 Å². The number of hydrogen-bond donors (Lipinski definition) is 1. The van der Waals surface area contributed by atoms with E-state index < -0.39 is 18.0 Å². The summed E-state index contributed by atoms with van der Waals surface area (Å²) in [5, 5.41) is 2.78. The van der Waals surface area contributed by atoms with Gasteiger partial charge in [-0.05, 0) is 12.1 Å². The second-order valence-electron chi connectivity index (χ2n) is 5.38. The first-order chi connectivity index (χ1) is 12.8. The van der Waals surface area contributed by atoms with Crippen LogP contribution in [0.4, 0.5) is 18.9 Å². The molecule has 0 spiro atoms. The molecule has 1 aliphatic heterocycles. The number of amides is 1. The summed E-state index contributed by atoms with van der Waals surface area (Å²) in [5.41, 5.74) is 0.383. The Bertz CT molecular complexity index is 883. The standard InChI is InChI=1S/C18H13ClF3NO4/c19-12-9-15-16(26-8-7-25-15)10-13(12)23-17(24)6-5-11-3-1-2-4-14(11)27-18(20,21)22/h1-6,9-10H,7-8H2,(H,23,24). The SMILES string of the molecule is O=C(C=Cc1ccccc1OC(F)(F)F)Nc1cc2c(cc1Cl)OCCO2. The third-order valence-electron chi connectivity index (χ3n) is 3.45. The number of anilines is 1. The van der Waals surface area contributed by atoms with Crippen LogP contribution in [0.2, 0.25) is 5.02 Å². The Morgan fingerprint density at radius 2 is 1.81 bits per heavy atom. The van der Waals surface area contributed by atoms with Crippen LogP contribution in [0.3, 0.4) is 0 Å². The van der Waals surface area contributed by atoms with E-state index in [1.807, 2.05) is 0 Å². The zero-order valence-corrected chi connectivity index (χ0v) is 14.4. The molecule has 0 atom stereocenters. The van der Waals surface area contributed by atoms with Gasteiger partial charge in [-0.25, -0.2) is 0 Å². The summed E-state index contributed by atoms with van der Waals surface area (Å²) in [6.45, 7) is 0.773. The molecular formula is C18H13ClF3NO4. The largest absolute Gasteiger partial charge is 0.573 e. The van der Waals surface area contributed by atoms with E-state index in [9.17, 15) is 18.0 Å². The average molecular weight is 400 g/mol. The van der Waals surface area contributed by atoms with Crippen molar-refractivity contribution in [2.24, 2.45) is 0 Å². The average Bonchev–Trinajstić information content (AvgIpc) is 2.60. The molecule has 0 bridgehead atoms. The van der Waals surface area contributed by atoms with Crippen molar-refractivity contribution in [1.82, 2.24) is 0 Å². The van der Waals surface area contributed by atoms with Crippen molar-refractivity contribution >= 4 is 29.3 Å². The molecule has 1 amide bonds. The molecule has 1 aliphatic rings. The molecule has 2 aromatic carbocycles. The third-order valence-corrected chi connectivity index (χ3v) is 3.76. The van der Waals surface area contributed by atoms with Gasteiger partial charge in [-0.3, -0.25) is 4.79 Å². The van der Waals surface area contributed by atoms with Crippen molar-refractivity contribution in [3.63, 3.8) is 0 Å². The van der Waals surface area contributed by atoms with Crippen LogP contribution in [0.5, 0.6) is 17.2 Å². The van der Waals surface area contributed by atoms with Gasteiger partial charge in [0.25, 0.3) is 0 Å². The lowest BCUT2D eigenvalue weighted by molar-refractivity contribution is -0.274. The highest BCUT2D eigenvalue weighted by molar-refractivity contribution is 6.34. The maximum absolute atomic E-state index is 12.4. The van der Waals surface area contributed by atoms with Crippen molar-refractivity contribution in [1.29, 1.82) is 0 Å². The quantitative estimate of drug-likeness (QED) is 0.760. The van der Waals surface area contributed by atoms with Gasteiger partial charge < -0.3 is 19.5 Å². The number of para-hydroxylation sites is 1. The molecular weight excluding hydrogens is 387 g/mol. The molecule has 2 aromatic rings. The summed E-state index contributed by atoms with van der Waals surface area (Å²) < 4.78 is 52.0. The number of carbonyl (C=O) groups excluding carboxylic acids is 1. The monoisotopic (exact) mass is 399 g/mol. The van der Waals surface area contributed by atoms with Crippen molar-refractivity contribution in [3.05, 3.63) is 53.1 Å². The first-order valence-corrected chi connectivity index (χ1v) is 8.12. The molecule has 0 saturated heterocycles. The van der Waals surface area contributed by atoms with Crippen molar-refractivity contribution in [2.75, 3.05) is 18.5 Å². The van der Waals surface area contributed by atoms with Crippen molar-refractivity contribution in [2.45, 2.75) is 6.36 Å². The van der Waals surface area contributed by atoms with Gasteiger partial charge in [0, 0.05) is 23.8 Å². The fraction of sp³-hybridized carbons (Fsp3) is 0.167. The highest BCUT2D eigenvalue weighted by atomic mass is 35.5. The fourth-order valence-electron chi connectivity index (χ4n) is 2.34. The summed E-state index contributed by atoms with van der Waals surface area (Å²) in [4.78, 5) is 12.1. The lowest BCUT2D eigenvalue weighted by Gasteiger charge is -2.19. The zero-order valence-electron chi connectivity index (χ0n) is 13.7. The van der Waals surface area contributed by atoms with E-state index in [1.165, 1.54) is 36.4 Å². The Labute approximate surface area is 157 Å². The van der Waals surface area contributed by atoms with E-state index in [2.05, 4.69) is 10.1 Å². The van der Waals surface area contributed by atoms with Gasteiger partial charge in [0.05, 0.1) is 10.7 Å². The van der Waals surface area contributed by atoms with Crippen LogP contribution in [0.15, 0.2) is 42.5 Å². The topological polar surface area (TPSA) is 56.8 Å². The lowest BCUT2D eigenvalue weighted by atomic mass is 10.2. The summed E-state index contributed by atoms with van der Waals surface area (Å²) >= 11 is 6.10. The molecule has 0 aliphatic carbocycles. The Morgan fingerprint density at radius 1 is 1.15 bits per heavy atom. The van der Waals surface area contributed by atoms with E-state index in [1.54, 1.807) is 0 Å². The zero-order chi connectivity index (χ0) is 19.4. The molecule has 1 heterocycles. The number of fused-ring (bicyclic) bond motifs is 1. The van der Waals surface area contributed by atoms with Crippen LogP contribution in [-0.4, -0.2) is 25.5 Å². The minimum Gasteiger partial charge on any atom is -0.486 e. The molecule has 0 saturated carbocycles. The molecule has 0 radical (unpaired) electrons. The van der Waals surface area contributed by atoms with E-state index in [0.717, 1.165) is 12.1 Å². The summed E-state index contributed by atoms with van der Waals surface area (Å²) in [6, 6.07) is 8.50. The second kappa shape index (κ2) is 7.79. The number of nitrogens with one attached hydrogen (secondary N) is 1. The second-order valence-corrected chi connectivity index (χ2v) is 5.79. The Balaban J connectivity index is 1.73. The smallest absolute Gasteiger partial charge is 0.486 e. The highest BCUT2D eigenvalue weighted by Gasteiger charge is 2.31. The van der Waals surface area contributed by atoms with Crippen molar-refractivity contribution < 1.29 is 32.2 Å². The molecule has 1 N–H and O–H groups in total. The first kappa shape index (κ1) is 18.9. The van der Waals surface area contributed by atoms with Gasteiger partial charge in [0.2, 0.25) is 5.91 Å². The molecule has 0 aromatic heterocycles. The summed E-state index contributed by atoms with van der Waals surface area (Å²) in [6.07, 6.45) is -2.54. The number of benzene rings is 2. The predicted molar refractivity (Wildman–Crippen MR) is 93.2 cm³/mol. The van der Waals surface area contributed by atoms with E-state index in [-0.39, 0.29) is 16.3 Å². The molecule has 142 valence electrons. The maximum Gasteiger partial charge on any atom is 0.573 e. The Hall–Kier alpha value is -2.87. The molecule has 3 rings (SSSR count). The van der Waals surface area contributed by atoms with Gasteiger partial charge in [0.1, 0.15) is 19.0 Å². The molecule has 0 fully saturated rings. The molecule has 5 nitrogen and oxygen atoms in total. The van der Waals surface area contributed by atoms with Crippen molar-refractivity contribution in [3.8, 4) is 17.2 Å². The normalized spacial score (nSPS) is 13.5. The van der Waals surface area contributed by atoms with Crippen LogP contribution >= 0.6 is 11.6 Å². The Kier molecular flexibility index (Phi) is 5.46. The van der Waals surface area contributed by atoms with Crippen LogP contribution in [0.1, 0.15) is 5.56 Å². The molecule has 27 heavy (non-hydrogen) atoms. The number of hydrogen-bond acceptors (Lipinski definition) is 4. The minimum absolute atomic E-state index is 0.0956. The van der Waals surface area contributed by atoms with Gasteiger partial charge in [-0.1, -0.05) is 29.8 Å². The molecule has 9 heteroatoms. The van der Waals surface area contributed by atoms with Gasteiger partial charge in [-0.2, -0.15) is 0 Å². The van der Waals surface area contributed by atoms with E-state index >= 15 is 0 Å². The predicted octanol–water partition coefficient (Wildman–Crippen LogP) is 4.66. The van der Waals surface area contributed by atoms with Gasteiger partial charge in [-0.15, -0.1) is 13.2 Å². The Morgan fingerprint density at radius 3 is 2.52 bits per heavy atom. The third kappa shape index (κ3) is 5.07. The van der Waals surface area contributed by atoms with Gasteiger partial charge in [0.15, 0.2) is 11.5 Å². The fourth-order valence-corrected chi connectivity index (χ4v) is 2.54. The number of alkyl halides is 3. The van der Waals surface area contributed by atoms with E-state index in [4.69, 9.17) is 21.1 Å². The maximum atomic E-state index is 12.4. The van der Waals surface area contributed by atoms with Gasteiger partial charge >= 0.3 is 6.36 Å². The van der Waals surface area contributed by atoms with Crippen LogP contribution in [0, 0.1) is 0 Å². The summed E-state index contributed by atoms with van der Waals surface area (Å²) in [7, 11) is 0. The first-order valence-electron chi connectivity index (χ1n) is 7.75. The van der Waals surface area contributed by atoms with Crippen LogP contribution in [-0.2, 0) is 4.79 Å². The van der Waals surface area contributed by atoms with Crippen LogP contribution in [0.25, 0.3) is 6.08 Å².